The minimum Gasteiger partial charge on any atom is -0.355 e. The Morgan fingerprint density at radius 1 is 1.12 bits per heavy atom. The van der Waals surface area contributed by atoms with Crippen LogP contribution in [0.25, 0.3) is 0 Å². The number of likely N-dealkylation sites (tertiary alicyclic amines) is 1. The van der Waals surface area contributed by atoms with Gasteiger partial charge < -0.3 is 10.2 Å². The van der Waals surface area contributed by atoms with Crippen molar-refractivity contribution in [3.8, 4) is 0 Å². The number of carbonyl (C=O) groups is 1. The lowest BCUT2D eigenvalue weighted by atomic mass is 9.71. The van der Waals surface area contributed by atoms with Gasteiger partial charge >= 0.3 is 0 Å². The molecular weight excluding hydrogens is 322 g/mol. The van der Waals surface area contributed by atoms with Crippen LogP contribution in [-0.4, -0.2) is 42.0 Å². The van der Waals surface area contributed by atoms with Crippen LogP contribution in [0.2, 0.25) is 0 Å². The molecule has 1 fully saturated rings. The molecule has 138 valence electrons. The van der Waals surface area contributed by atoms with Crippen LogP contribution in [0.1, 0.15) is 37.4 Å². The molecule has 1 amide bonds. The molecule has 0 unspecified atom stereocenters. The zero-order valence-corrected chi connectivity index (χ0v) is 15.7. The van der Waals surface area contributed by atoms with Crippen LogP contribution in [0.15, 0.2) is 54.7 Å². The van der Waals surface area contributed by atoms with Crippen molar-refractivity contribution >= 4 is 5.91 Å². The Balaban J connectivity index is 1.65. The fourth-order valence-corrected chi connectivity index (χ4v) is 3.93. The molecule has 1 aliphatic heterocycles. The predicted molar refractivity (Wildman–Crippen MR) is 105 cm³/mol. The summed E-state index contributed by atoms with van der Waals surface area (Å²) in [6, 6.07) is 17.0. The second-order valence-corrected chi connectivity index (χ2v) is 7.31. The Hall–Kier alpha value is -2.20. The fourth-order valence-electron chi connectivity index (χ4n) is 3.93. The van der Waals surface area contributed by atoms with Gasteiger partial charge in [0, 0.05) is 37.3 Å². The lowest BCUT2D eigenvalue weighted by Crippen LogP contribution is -2.45. The highest BCUT2D eigenvalue weighted by Crippen LogP contribution is 2.38. The molecule has 1 N–H and O–H groups in total. The summed E-state index contributed by atoms with van der Waals surface area (Å²) in [5.74, 6) is 0.0488. The molecule has 4 nitrogen and oxygen atoms in total. The smallest absolute Gasteiger partial charge is 0.216 e. The van der Waals surface area contributed by atoms with E-state index in [1.165, 1.54) is 11.3 Å². The zero-order valence-electron chi connectivity index (χ0n) is 15.7. The number of carbonyl (C=O) groups excluding carboxylic acids is 1. The number of benzene rings is 1. The number of pyridine rings is 1. The van der Waals surface area contributed by atoms with Crippen molar-refractivity contribution in [2.45, 2.75) is 38.0 Å². The average Bonchev–Trinajstić information content (AvgIpc) is 2.69. The number of hydrogen-bond donors (Lipinski definition) is 1. The Morgan fingerprint density at radius 2 is 1.85 bits per heavy atom. The van der Waals surface area contributed by atoms with Gasteiger partial charge in [-0.15, -0.1) is 0 Å². The van der Waals surface area contributed by atoms with Gasteiger partial charge in [-0.3, -0.25) is 9.78 Å². The number of piperidine rings is 1. The molecule has 3 rings (SSSR count). The molecule has 2 heterocycles. The summed E-state index contributed by atoms with van der Waals surface area (Å²) < 4.78 is 0. The highest BCUT2D eigenvalue weighted by Gasteiger charge is 2.36. The van der Waals surface area contributed by atoms with Crippen LogP contribution in [0.4, 0.5) is 0 Å². The quantitative estimate of drug-likeness (QED) is 0.833. The van der Waals surface area contributed by atoms with Gasteiger partial charge in [0.05, 0.1) is 0 Å². The van der Waals surface area contributed by atoms with E-state index >= 15 is 0 Å². The summed E-state index contributed by atoms with van der Waals surface area (Å²) >= 11 is 0. The molecule has 2 aromatic rings. The topological polar surface area (TPSA) is 45.2 Å². The number of aryl methyl sites for hydroxylation is 1. The minimum atomic E-state index is 0.0488. The molecule has 1 aromatic heterocycles. The lowest BCUT2D eigenvalue weighted by Gasteiger charge is -2.42. The Morgan fingerprint density at radius 3 is 2.50 bits per heavy atom. The average molecular weight is 351 g/mol. The summed E-state index contributed by atoms with van der Waals surface area (Å²) in [5, 5.41) is 2.90. The third kappa shape index (κ3) is 4.92. The van der Waals surface area contributed by atoms with Crippen molar-refractivity contribution in [3.05, 3.63) is 66.0 Å². The van der Waals surface area contributed by atoms with Gasteiger partial charge in [0.25, 0.3) is 0 Å². The third-order valence-electron chi connectivity index (χ3n) is 5.56. The Labute approximate surface area is 156 Å². The van der Waals surface area contributed by atoms with Crippen molar-refractivity contribution < 1.29 is 4.79 Å². The first kappa shape index (κ1) is 18.6. The van der Waals surface area contributed by atoms with Crippen molar-refractivity contribution in [2.75, 3.05) is 26.2 Å². The maximum Gasteiger partial charge on any atom is 0.216 e. The van der Waals surface area contributed by atoms with Crippen molar-refractivity contribution in [2.24, 2.45) is 0 Å². The summed E-state index contributed by atoms with van der Waals surface area (Å²) in [5.41, 5.74) is 2.79. The van der Waals surface area contributed by atoms with E-state index in [1.807, 2.05) is 12.3 Å². The van der Waals surface area contributed by atoms with E-state index in [4.69, 9.17) is 4.98 Å². The molecule has 1 aliphatic rings. The summed E-state index contributed by atoms with van der Waals surface area (Å²) in [7, 11) is 0. The van der Waals surface area contributed by atoms with E-state index in [0.29, 0.717) is 0 Å². The van der Waals surface area contributed by atoms with Crippen LogP contribution in [0.3, 0.4) is 0 Å². The SMILES string of the molecule is CC(=O)NCCN1CCC(CCc2ccccc2)(c2ccccn2)CC1. The first-order chi connectivity index (χ1) is 12.7. The summed E-state index contributed by atoms with van der Waals surface area (Å²) in [6.07, 6.45) is 6.38. The number of aromatic nitrogens is 1. The molecule has 4 heteroatoms. The second-order valence-electron chi connectivity index (χ2n) is 7.31. The van der Waals surface area contributed by atoms with Gasteiger partial charge in [-0.05, 0) is 56.5 Å². The fraction of sp³-hybridized carbons (Fsp3) is 0.455. The summed E-state index contributed by atoms with van der Waals surface area (Å²) in [4.78, 5) is 18.2. The molecule has 0 saturated carbocycles. The van der Waals surface area contributed by atoms with Crippen LogP contribution < -0.4 is 5.32 Å². The monoisotopic (exact) mass is 351 g/mol. The standard InChI is InChI=1S/C22H29N3O/c1-19(26)23-15-18-25-16-12-22(13-17-25,21-9-5-6-14-24-21)11-10-20-7-3-2-4-8-20/h2-9,14H,10-13,15-18H2,1H3,(H,23,26). The van der Waals surface area contributed by atoms with E-state index in [2.05, 4.69) is 52.7 Å². The van der Waals surface area contributed by atoms with E-state index in [0.717, 1.165) is 51.9 Å². The maximum absolute atomic E-state index is 11.1. The van der Waals surface area contributed by atoms with Gasteiger partial charge in [-0.25, -0.2) is 0 Å². The Bertz CT molecular complexity index is 679. The summed E-state index contributed by atoms with van der Waals surface area (Å²) in [6.45, 7) is 5.36. The molecule has 1 saturated heterocycles. The lowest BCUT2D eigenvalue weighted by molar-refractivity contribution is -0.119. The molecule has 0 bridgehead atoms. The number of rotatable bonds is 7. The number of amides is 1. The molecule has 0 spiro atoms. The predicted octanol–water partition coefficient (Wildman–Crippen LogP) is 3.18. The molecule has 0 atom stereocenters. The molecule has 26 heavy (non-hydrogen) atoms. The third-order valence-corrected chi connectivity index (χ3v) is 5.56. The van der Waals surface area contributed by atoms with E-state index < -0.39 is 0 Å². The van der Waals surface area contributed by atoms with E-state index in [9.17, 15) is 4.79 Å². The van der Waals surface area contributed by atoms with Gasteiger partial charge in [-0.2, -0.15) is 0 Å². The first-order valence-electron chi connectivity index (χ1n) is 9.60. The van der Waals surface area contributed by atoms with Crippen LogP contribution in [0.5, 0.6) is 0 Å². The van der Waals surface area contributed by atoms with Gasteiger partial charge in [-0.1, -0.05) is 36.4 Å². The van der Waals surface area contributed by atoms with Crippen molar-refractivity contribution in [1.82, 2.24) is 15.2 Å². The maximum atomic E-state index is 11.1. The number of nitrogens with zero attached hydrogens (tertiary/aromatic N) is 2. The second kappa shape index (κ2) is 8.95. The largest absolute Gasteiger partial charge is 0.355 e. The van der Waals surface area contributed by atoms with Gasteiger partial charge in [0.2, 0.25) is 5.91 Å². The van der Waals surface area contributed by atoms with Gasteiger partial charge in [0.1, 0.15) is 0 Å². The van der Waals surface area contributed by atoms with Crippen LogP contribution in [-0.2, 0) is 16.6 Å². The van der Waals surface area contributed by atoms with E-state index in [-0.39, 0.29) is 11.3 Å². The molecular formula is C22H29N3O. The molecule has 0 radical (unpaired) electrons. The first-order valence-corrected chi connectivity index (χ1v) is 9.60. The minimum absolute atomic E-state index is 0.0488. The van der Waals surface area contributed by atoms with Crippen LogP contribution >= 0.6 is 0 Å². The molecule has 1 aromatic carbocycles. The Kier molecular flexibility index (Phi) is 6.40. The van der Waals surface area contributed by atoms with E-state index in [1.54, 1.807) is 6.92 Å². The number of nitrogens with one attached hydrogen (secondary N) is 1. The highest BCUT2D eigenvalue weighted by atomic mass is 16.1. The van der Waals surface area contributed by atoms with Gasteiger partial charge in [0.15, 0.2) is 0 Å². The zero-order chi connectivity index (χ0) is 18.2. The number of hydrogen-bond acceptors (Lipinski definition) is 3. The molecule has 0 aliphatic carbocycles. The normalized spacial score (nSPS) is 17.0. The van der Waals surface area contributed by atoms with Crippen molar-refractivity contribution in [1.29, 1.82) is 0 Å². The highest BCUT2D eigenvalue weighted by molar-refractivity contribution is 5.72. The van der Waals surface area contributed by atoms with Crippen LogP contribution in [0, 0.1) is 0 Å². The van der Waals surface area contributed by atoms with Crippen molar-refractivity contribution in [3.63, 3.8) is 0 Å².